The SMILES string of the molecule is C[Si](C)(C)c1c(F)cc(NC(=O)C2c3ccc(C#N)cc3CCN2C(=O)O)cc1F. The van der Waals surface area contributed by atoms with Crippen molar-refractivity contribution in [2.75, 3.05) is 11.9 Å². The molecular weight excluding hydrogens is 408 g/mol. The highest BCUT2D eigenvalue weighted by atomic mass is 28.3. The van der Waals surface area contributed by atoms with Gasteiger partial charge in [-0.15, -0.1) is 0 Å². The number of halogens is 2. The van der Waals surface area contributed by atoms with Gasteiger partial charge in [-0.3, -0.25) is 9.69 Å². The van der Waals surface area contributed by atoms with Gasteiger partial charge in [0.25, 0.3) is 5.91 Å². The highest BCUT2D eigenvalue weighted by Crippen LogP contribution is 2.32. The second-order valence-electron chi connectivity index (χ2n) is 8.21. The molecule has 0 aliphatic carbocycles. The Bertz CT molecular complexity index is 1050. The van der Waals surface area contributed by atoms with Crippen molar-refractivity contribution in [2.24, 2.45) is 0 Å². The Morgan fingerprint density at radius 3 is 2.37 bits per heavy atom. The van der Waals surface area contributed by atoms with Crippen LogP contribution < -0.4 is 10.5 Å². The van der Waals surface area contributed by atoms with Gasteiger partial charge < -0.3 is 10.4 Å². The number of carboxylic acid groups (broad SMARTS) is 1. The molecule has 0 saturated carbocycles. The van der Waals surface area contributed by atoms with Crippen LogP contribution in [0, 0.1) is 23.0 Å². The van der Waals surface area contributed by atoms with Gasteiger partial charge >= 0.3 is 6.09 Å². The standard InChI is InChI=1S/C21H21F2N3O3Si/c1-30(2,3)19-16(22)9-14(10-17(19)23)25-20(27)18-15-5-4-12(11-24)8-13(15)6-7-26(18)21(28)29/h4-5,8-10,18H,6-7H2,1-3H3,(H,25,27)(H,28,29). The molecule has 1 aliphatic heterocycles. The zero-order valence-electron chi connectivity index (χ0n) is 16.8. The monoisotopic (exact) mass is 429 g/mol. The van der Waals surface area contributed by atoms with E-state index in [0.29, 0.717) is 23.1 Å². The summed E-state index contributed by atoms with van der Waals surface area (Å²) in [4.78, 5) is 25.7. The normalized spacial score (nSPS) is 15.9. The Balaban J connectivity index is 1.97. The molecule has 1 aliphatic rings. The Kier molecular flexibility index (Phi) is 5.63. The number of anilines is 1. The zero-order valence-corrected chi connectivity index (χ0v) is 17.8. The molecule has 0 fully saturated rings. The zero-order chi connectivity index (χ0) is 22.2. The molecule has 9 heteroatoms. The lowest BCUT2D eigenvalue weighted by molar-refractivity contribution is -0.121. The third kappa shape index (κ3) is 4.04. The molecule has 0 radical (unpaired) electrons. The maximum atomic E-state index is 14.5. The van der Waals surface area contributed by atoms with Crippen molar-refractivity contribution in [3.05, 3.63) is 58.7 Å². The van der Waals surface area contributed by atoms with E-state index in [1.54, 1.807) is 12.1 Å². The van der Waals surface area contributed by atoms with Crippen molar-refractivity contribution in [1.29, 1.82) is 5.26 Å². The minimum atomic E-state index is -2.27. The fourth-order valence-corrected chi connectivity index (χ4v) is 5.34. The summed E-state index contributed by atoms with van der Waals surface area (Å²) >= 11 is 0. The Labute approximate surface area is 173 Å². The molecule has 2 N–H and O–H groups in total. The number of hydrogen-bond donors (Lipinski definition) is 2. The topological polar surface area (TPSA) is 93.4 Å². The lowest BCUT2D eigenvalue weighted by Crippen LogP contribution is -2.45. The van der Waals surface area contributed by atoms with Crippen LogP contribution in [0.25, 0.3) is 0 Å². The van der Waals surface area contributed by atoms with Gasteiger partial charge in [0.1, 0.15) is 17.7 Å². The summed E-state index contributed by atoms with van der Waals surface area (Å²) in [5, 5.41) is 21.1. The predicted molar refractivity (Wildman–Crippen MR) is 110 cm³/mol. The smallest absolute Gasteiger partial charge is 0.408 e. The lowest BCUT2D eigenvalue weighted by Gasteiger charge is -2.34. The molecule has 156 valence electrons. The molecule has 3 rings (SSSR count). The van der Waals surface area contributed by atoms with Gasteiger partial charge in [0.05, 0.1) is 19.7 Å². The average Bonchev–Trinajstić information content (AvgIpc) is 2.64. The summed E-state index contributed by atoms with van der Waals surface area (Å²) in [6, 6.07) is 7.61. The molecular formula is C21H21F2N3O3Si. The van der Waals surface area contributed by atoms with Gasteiger partial charge in [-0.25, -0.2) is 13.6 Å². The molecule has 30 heavy (non-hydrogen) atoms. The van der Waals surface area contributed by atoms with Crippen LogP contribution in [-0.4, -0.2) is 36.6 Å². The maximum Gasteiger partial charge on any atom is 0.408 e. The molecule has 1 atom stereocenters. The van der Waals surface area contributed by atoms with Gasteiger partial charge in [-0.05, 0) is 41.8 Å². The van der Waals surface area contributed by atoms with Gasteiger partial charge in [0.15, 0.2) is 0 Å². The van der Waals surface area contributed by atoms with Crippen molar-refractivity contribution in [1.82, 2.24) is 4.90 Å². The van der Waals surface area contributed by atoms with Crippen molar-refractivity contribution >= 4 is 30.9 Å². The number of carbonyl (C=O) groups is 2. The molecule has 0 spiro atoms. The van der Waals surface area contributed by atoms with E-state index < -0.39 is 37.8 Å². The van der Waals surface area contributed by atoms with E-state index in [0.717, 1.165) is 17.0 Å². The minimum Gasteiger partial charge on any atom is -0.465 e. The van der Waals surface area contributed by atoms with Gasteiger partial charge in [0, 0.05) is 17.4 Å². The third-order valence-corrected chi connectivity index (χ3v) is 7.03. The summed E-state index contributed by atoms with van der Waals surface area (Å²) in [6.45, 7) is 5.50. The van der Waals surface area contributed by atoms with Gasteiger partial charge in [0.2, 0.25) is 0 Å². The Hall–Kier alpha value is -3.25. The largest absolute Gasteiger partial charge is 0.465 e. The lowest BCUT2D eigenvalue weighted by atomic mass is 9.91. The van der Waals surface area contributed by atoms with Crippen LogP contribution in [0.5, 0.6) is 0 Å². The van der Waals surface area contributed by atoms with Crippen molar-refractivity contribution in [2.45, 2.75) is 32.1 Å². The van der Waals surface area contributed by atoms with E-state index in [4.69, 9.17) is 5.26 Å². The van der Waals surface area contributed by atoms with Crippen LogP contribution in [0.15, 0.2) is 30.3 Å². The molecule has 6 nitrogen and oxygen atoms in total. The van der Waals surface area contributed by atoms with Crippen LogP contribution >= 0.6 is 0 Å². The van der Waals surface area contributed by atoms with E-state index in [1.807, 2.05) is 25.7 Å². The number of nitriles is 1. The first kappa shape index (κ1) is 21.5. The molecule has 0 bridgehead atoms. The molecule has 1 unspecified atom stereocenters. The van der Waals surface area contributed by atoms with Crippen LogP contribution in [0.2, 0.25) is 19.6 Å². The molecule has 2 amide bonds. The number of benzene rings is 2. The number of nitrogens with one attached hydrogen (secondary N) is 1. The van der Waals surface area contributed by atoms with Crippen LogP contribution in [0.4, 0.5) is 19.3 Å². The van der Waals surface area contributed by atoms with E-state index in [1.165, 1.54) is 6.07 Å². The summed E-state index contributed by atoms with van der Waals surface area (Å²) in [5.41, 5.74) is 1.46. The van der Waals surface area contributed by atoms with E-state index in [9.17, 15) is 23.5 Å². The number of rotatable bonds is 3. The quantitative estimate of drug-likeness (QED) is 0.729. The minimum absolute atomic E-state index is 0.0414. The van der Waals surface area contributed by atoms with Crippen LogP contribution in [-0.2, 0) is 11.2 Å². The number of amides is 2. The fourth-order valence-electron chi connectivity index (χ4n) is 3.76. The molecule has 0 aromatic heterocycles. The Morgan fingerprint density at radius 1 is 1.20 bits per heavy atom. The molecule has 1 heterocycles. The molecule has 2 aromatic rings. The van der Waals surface area contributed by atoms with Crippen molar-refractivity contribution in [3.63, 3.8) is 0 Å². The summed E-state index contributed by atoms with van der Waals surface area (Å²) in [5.74, 6) is -2.19. The van der Waals surface area contributed by atoms with E-state index in [-0.39, 0.29) is 17.4 Å². The summed E-state index contributed by atoms with van der Waals surface area (Å²) in [6.07, 6.45) is -0.925. The van der Waals surface area contributed by atoms with Gasteiger partial charge in [-0.1, -0.05) is 25.7 Å². The second-order valence-corrected chi connectivity index (χ2v) is 13.2. The number of fused-ring (bicyclic) bond motifs is 1. The first-order valence-electron chi connectivity index (χ1n) is 9.36. The average molecular weight is 429 g/mol. The molecule has 0 saturated heterocycles. The van der Waals surface area contributed by atoms with Crippen molar-refractivity contribution in [3.8, 4) is 6.07 Å². The van der Waals surface area contributed by atoms with Gasteiger partial charge in [-0.2, -0.15) is 5.26 Å². The first-order chi connectivity index (χ1) is 14.0. The van der Waals surface area contributed by atoms with E-state index in [2.05, 4.69) is 5.32 Å². The summed E-state index contributed by atoms with van der Waals surface area (Å²) < 4.78 is 29.1. The van der Waals surface area contributed by atoms with Crippen molar-refractivity contribution < 1.29 is 23.5 Å². The first-order valence-corrected chi connectivity index (χ1v) is 12.9. The molecule has 2 aromatic carbocycles. The Morgan fingerprint density at radius 2 is 1.83 bits per heavy atom. The van der Waals surface area contributed by atoms with Crippen LogP contribution in [0.1, 0.15) is 22.7 Å². The maximum absolute atomic E-state index is 14.5. The number of carbonyl (C=O) groups excluding carboxylic acids is 1. The van der Waals surface area contributed by atoms with Crippen LogP contribution in [0.3, 0.4) is 0 Å². The second kappa shape index (κ2) is 7.87. The predicted octanol–water partition coefficient (Wildman–Crippen LogP) is 3.60. The fraction of sp³-hybridized carbons (Fsp3) is 0.286. The number of hydrogen-bond acceptors (Lipinski definition) is 3. The highest BCUT2D eigenvalue weighted by Gasteiger charge is 2.36. The highest BCUT2D eigenvalue weighted by molar-refractivity contribution is 6.88. The van der Waals surface area contributed by atoms with E-state index >= 15 is 0 Å². The third-order valence-electron chi connectivity index (χ3n) is 5.05. The summed E-state index contributed by atoms with van der Waals surface area (Å²) in [7, 11) is -2.27. The number of nitrogens with zero attached hydrogens (tertiary/aromatic N) is 2.